The number of rotatable bonds is 9. The molecule has 3 aromatic rings. The summed E-state index contributed by atoms with van der Waals surface area (Å²) in [6.07, 6.45) is -1.04. The van der Waals surface area contributed by atoms with Crippen LogP contribution in [0.15, 0.2) is 78.9 Å². The Hall–Kier alpha value is -4.50. The second kappa shape index (κ2) is 11.5. The van der Waals surface area contributed by atoms with Crippen LogP contribution >= 0.6 is 0 Å². The molecule has 0 fully saturated rings. The van der Waals surface area contributed by atoms with Gasteiger partial charge in [-0.15, -0.1) is 0 Å². The van der Waals surface area contributed by atoms with E-state index in [2.05, 4.69) is 5.32 Å². The fourth-order valence-corrected chi connectivity index (χ4v) is 4.57. The monoisotopic (exact) mass is 502 g/mol. The molecule has 3 amide bonds. The van der Waals surface area contributed by atoms with E-state index in [-0.39, 0.29) is 18.9 Å². The third kappa shape index (κ3) is 5.68. The number of amides is 3. The van der Waals surface area contributed by atoms with Gasteiger partial charge in [0.1, 0.15) is 25.8 Å². The third-order valence-corrected chi connectivity index (χ3v) is 6.27. The number of hydrogen-bond acceptors (Lipinski definition) is 6. The van der Waals surface area contributed by atoms with E-state index >= 15 is 0 Å². The Bertz CT molecular complexity index is 1260. The van der Waals surface area contributed by atoms with Crippen molar-refractivity contribution in [1.29, 1.82) is 0 Å². The van der Waals surface area contributed by atoms with Crippen LogP contribution in [-0.4, -0.2) is 64.8 Å². The Balaban J connectivity index is 1.40. The number of imide groups is 1. The molecule has 3 N–H and O–H groups in total. The molecule has 1 aliphatic carbocycles. The van der Waals surface area contributed by atoms with Crippen LogP contribution in [0.3, 0.4) is 0 Å². The van der Waals surface area contributed by atoms with E-state index in [4.69, 9.17) is 4.74 Å². The van der Waals surface area contributed by atoms with Crippen molar-refractivity contribution in [3.05, 3.63) is 95.6 Å². The van der Waals surface area contributed by atoms with Crippen LogP contribution in [0.5, 0.6) is 0 Å². The maximum Gasteiger partial charge on any atom is 0.407 e. The first kappa shape index (κ1) is 25.6. The summed E-state index contributed by atoms with van der Waals surface area (Å²) >= 11 is 0. The van der Waals surface area contributed by atoms with Crippen LogP contribution in [0.4, 0.5) is 4.79 Å². The first-order valence-corrected chi connectivity index (χ1v) is 11.7. The summed E-state index contributed by atoms with van der Waals surface area (Å²) in [6.45, 7) is -1.71. The topological polar surface area (TPSA) is 133 Å². The van der Waals surface area contributed by atoms with Gasteiger partial charge in [0.25, 0.3) is 5.91 Å². The van der Waals surface area contributed by atoms with E-state index in [9.17, 15) is 29.4 Å². The van der Waals surface area contributed by atoms with E-state index in [1.54, 1.807) is 30.3 Å². The molecule has 37 heavy (non-hydrogen) atoms. The number of carboxylic acids is 1. The molecule has 0 spiro atoms. The Morgan fingerprint density at radius 2 is 1.41 bits per heavy atom. The van der Waals surface area contributed by atoms with E-state index in [1.165, 1.54) is 0 Å². The van der Waals surface area contributed by atoms with E-state index in [0.29, 0.717) is 10.5 Å². The largest absolute Gasteiger partial charge is 0.480 e. The molecule has 0 saturated heterocycles. The van der Waals surface area contributed by atoms with Crippen molar-refractivity contribution in [3.63, 3.8) is 0 Å². The Morgan fingerprint density at radius 1 is 0.838 bits per heavy atom. The zero-order valence-corrected chi connectivity index (χ0v) is 19.9. The number of benzene rings is 3. The lowest BCUT2D eigenvalue weighted by molar-refractivity contribution is -0.158. The van der Waals surface area contributed by atoms with Crippen molar-refractivity contribution in [2.75, 3.05) is 19.8 Å². The Kier molecular flexibility index (Phi) is 7.95. The van der Waals surface area contributed by atoms with Crippen molar-refractivity contribution in [1.82, 2.24) is 10.2 Å². The summed E-state index contributed by atoms with van der Waals surface area (Å²) in [7, 11) is 0. The van der Waals surface area contributed by atoms with Crippen LogP contribution in [0.1, 0.15) is 22.6 Å². The van der Waals surface area contributed by atoms with Gasteiger partial charge in [0, 0.05) is 12.3 Å². The molecule has 3 aromatic carbocycles. The fraction of sp³-hybridized carbons (Fsp3) is 0.214. The highest BCUT2D eigenvalue weighted by atomic mass is 16.5. The number of nitrogens with one attached hydrogen (secondary N) is 1. The van der Waals surface area contributed by atoms with Gasteiger partial charge in [-0.25, -0.2) is 9.59 Å². The molecule has 190 valence electrons. The van der Waals surface area contributed by atoms with Gasteiger partial charge in [-0.1, -0.05) is 78.9 Å². The predicted octanol–water partition coefficient (Wildman–Crippen LogP) is 2.57. The van der Waals surface area contributed by atoms with Gasteiger partial charge in [0.15, 0.2) is 0 Å². The maximum absolute atomic E-state index is 12.8. The van der Waals surface area contributed by atoms with Crippen molar-refractivity contribution in [2.24, 2.45) is 0 Å². The SMILES string of the molecule is O=C(NCC(=O)N(C(=O)CO)C(Cc1ccccc1)C(=O)O)OCC1c2ccccc2-c2ccccc21. The molecular formula is C28H26N2O7. The van der Waals surface area contributed by atoms with Gasteiger partial charge in [-0.3, -0.25) is 14.5 Å². The molecule has 1 atom stereocenters. The van der Waals surface area contributed by atoms with Crippen LogP contribution < -0.4 is 5.32 Å². The standard InChI is InChI=1S/C28H26N2O7/c31-16-26(33)30(24(27(34)35)14-18-8-2-1-3-9-18)25(32)15-29-28(36)37-17-23-21-12-6-4-10-19(21)20-11-5-7-13-22(20)23/h1-13,23-24,31H,14-17H2,(H,29,36)(H,34,35). The lowest BCUT2D eigenvalue weighted by atomic mass is 9.98. The molecule has 0 radical (unpaired) electrons. The lowest BCUT2D eigenvalue weighted by Crippen LogP contribution is -2.53. The molecule has 0 aliphatic heterocycles. The molecule has 4 rings (SSSR count). The summed E-state index contributed by atoms with van der Waals surface area (Å²) in [5.74, 6) is -3.65. The van der Waals surface area contributed by atoms with Crippen molar-refractivity contribution in [3.8, 4) is 11.1 Å². The summed E-state index contributed by atoms with van der Waals surface area (Å²) in [5.41, 5.74) is 4.77. The molecule has 9 heteroatoms. The number of carbonyl (C=O) groups is 4. The summed E-state index contributed by atoms with van der Waals surface area (Å²) < 4.78 is 5.39. The van der Waals surface area contributed by atoms with Crippen LogP contribution in [-0.2, 0) is 25.5 Å². The summed E-state index contributed by atoms with van der Waals surface area (Å²) in [5, 5.41) is 21.3. The summed E-state index contributed by atoms with van der Waals surface area (Å²) in [6, 6.07) is 22.6. The van der Waals surface area contributed by atoms with Gasteiger partial charge in [-0.2, -0.15) is 0 Å². The van der Waals surface area contributed by atoms with Gasteiger partial charge in [-0.05, 0) is 27.8 Å². The number of carbonyl (C=O) groups excluding carboxylic acids is 3. The zero-order valence-electron chi connectivity index (χ0n) is 19.9. The zero-order chi connectivity index (χ0) is 26.4. The predicted molar refractivity (Wildman–Crippen MR) is 134 cm³/mol. The normalized spacial score (nSPS) is 12.7. The lowest BCUT2D eigenvalue weighted by Gasteiger charge is -2.27. The summed E-state index contributed by atoms with van der Waals surface area (Å²) in [4.78, 5) is 50.0. The van der Waals surface area contributed by atoms with Gasteiger partial charge >= 0.3 is 12.1 Å². The first-order chi connectivity index (χ1) is 17.9. The maximum atomic E-state index is 12.8. The van der Waals surface area contributed by atoms with E-state index in [1.807, 2.05) is 48.5 Å². The fourth-order valence-electron chi connectivity index (χ4n) is 4.57. The van der Waals surface area contributed by atoms with Crippen LogP contribution in [0.25, 0.3) is 11.1 Å². The van der Waals surface area contributed by atoms with Crippen LogP contribution in [0, 0.1) is 0 Å². The van der Waals surface area contributed by atoms with Crippen LogP contribution in [0.2, 0.25) is 0 Å². The number of hydrogen-bond donors (Lipinski definition) is 3. The highest BCUT2D eigenvalue weighted by Gasteiger charge is 2.35. The average Bonchev–Trinajstić information content (AvgIpc) is 3.24. The molecule has 1 aliphatic rings. The molecule has 0 saturated carbocycles. The molecule has 0 bridgehead atoms. The van der Waals surface area contributed by atoms with Crippen molar-refractivity contribution < 1.29 is 34.1 Å². The third-order valence-electron chi connectivity index (χ3n) is 6.27. The van der Waals surface area contributed by atoms with Gasteiger partial charge in [0.2, 0.25) is 5.91 Å². The number of nitrogens with zero attached hydrogens (tertiary/aromatic N) is 1. The minimum atomic E-state index is -1.56. The Morgan fingerprint density at radius 3 is 1.97 bits per heavy atom. The highest BCUT2D eigenvalue weighted by molar-refractivity contribution is 6.01. The Labute approximate surface area is 213 Å². The first-order valence-electron chi connectivity index (χ1n) is 11.7. The average molecular weight is 503 g/mol. The van der Waals surface area contributed by atoms with Crippen molar-refractivity contribution >= 4 is 23.9 Å². The molecule has 0 aromatic heterocycles. The molecular weight excluding hydrogens is 476 g/mol. The minimum Gasteiger partial charge on any atom is -0.480 e. The number of aliphatic hydroxyl groups excluding tert-OH is 1. The second-order valence-electron chi connectivity index (χ2n) is 8.54. The quantitative estimate of drug-likeness (QED) is 0.410. The molecule has 1 unspecified atom stereocenters. The number of aliphatic carboxylic acids is 1. The number of ether oxygens (including phenoxy) is 1. The molecule has 9 nitrogen and oxygen atoms in total. The van der Waals surface area contributed by atoms with E-state index < -0.39 is 43.1 Å². The van der Waals surface area contributed by atoms with Gasteiger partial charge in [0.05, 0.1) is 0 Å². The van der Waals surface area contributed by atoms with E-state index in [0.717, 1.165) is 22.3 Å². The molecule has 0 heterocycles. The highest BCUT2D eigenvalue weighted by Crippen LogP contribution is 2.44. The van der Waals surface area contributed by atoms with Crippen molar-refractivity contribution in [2.45, 2.75) is 18.4 Å². The second-order valence-corrected chi connectivity index (χ2v) is 8.54. The minimum absolute atomic E-state index is 0.0269. The number of alkyl carbamates (subject to hydrolysis) is 1. The number of aliphatic hydroxyl groups is 1. The number of carboxylic acid groups (broad SMARTS) is 1. The van der Waals surface area contributed by atoms with Gasteiger partial charge < -0.3 is 20.3 Å². The smallest absolute Gasteiger partial charge is 0.407 e. The number of fused-ring (bicyclic) bond motifs is 3.